The van der Waals surface area contributed by atoms with Crippen LogP contribution in [0.1, 0.15) is 44.1 Å². The first kappa shape index (κ1) is 20.5. The second-order valence-electron chi connectivity index (χ2n) is 6.80. The molecule has 144 valence electrons. The molecule has 0 atom stereocenters. The summed E-state index contributed by atoms with van der Waals surface area (Å²) in [6, 6.07) is 8.62. The van der Waals surface area contributed by atoms with Crippen LogP contribution in [-0.4, -0.2) is 49.8 Å². The second kappa shape index (κ2) is 11.0. The van der Waals surface area contributed by atoms with Gasteiger partial charge in [0.1, 0.15) is 0 Å². The second-order valence-corrected chi connectivity index (χ2v) is 7.18. The Morgan fingerprint density at radius 1 is 1.23 bits per heavy atom. The molecule has 0 radical (unpaired) electrons. The molecule has 1 saturated heterocycles. The van der Waals surface area contributed by atoms with Crippen molar-refractivity contribution in [1.82, 2.24) is 10.2 Å². The Bertz CT molecular complexity index is 588. The summed E-state index contributed by atoms with van der Waals surface area (Å²) in [7, 11) is 3.47. The lowest BCUT2D eigenvalue weighted by molar-refractivity contribution is -0.140. The van der Waals surface area contributed by atoms with Crippen LogP contribution in [0.25, 0.3) is 0 Å². The Balaban J connectivity index is 1.73. The summed E-state index contributed by atoms with van der Waals surface area (Å²) in [6.45, 7) is 3.93. The minimum atomic E-state index is -0.134. The number of carbonyl (C=O) groups is 1. The Hall–Kier alpha value is -1.82. The number of esters is 1. The van der Waals surface area contributed by atoms with Gasteiger partial charge in [0.15, 0.2) is 5.11 Å². The number of nitrogens with one attached hydrogen (secondary N) is 1. The maximum atomic E-state index is 11.1. The lowest BCUT2D eigenvalue weighted by atomic mass is 10.1. The van der Waals surface area contributed by atoms with Gasteiger partial charge in [-0.3, -0.25) is 4.79 Å². The van der Waals surface area contributed by atoms with Crippen molar-refractivity contribution in [2.45, 2.75) is 45.1 Å². The van der Waals surface area contributed by atoms with Crippen molar-refractivity contribution < 1.29 is 9.53 Å². The number of ether oxygens (including phenoxy) is 1. The van der Waals surface area contributed by atoms with Crippen LogP contribution in [-0.2, 0) is 16.1 Å². The molecule has 1 aromatic rings. The minimum absolute atomic E-state index is 0.134. The van der Waals surface area contributed by atoms with E-state index in [1.807, 2.05) is 7.05 Å². The van der Waals surface area contributed by atoms with Crippen molar-refractivity contribution in [1.29, 1.82) is 0 Å². The van der Waals surface area contributed by atoms with Crippen LogP contribution in [0.2, 0.25) is 0 Å². The van der Waals surface area contributed by atoms with Gasteiger partial charge in [-0.05, 0) is 49.5 Å². The summed E-state index contributed by atoms with van der Waals surface area (Å²) >= 11 is 5.52. The van der Waals surface area contributed by atoms with Gasteiger partial charge in [-0.25, -0.2) is 0 Å². The van der Waals surface area contributed by atoms with Gasteiger partial charge in [0.2, 0.25) is 0 Å². The van der Waals surface area contributed by atoms with E-state index in [9.17, 15) is 4.79 Å². The monoisotopic (exact) mass is 377 g/mol. The average molecular weight is 378 g/mol. The molecule has 1 N–H and O–H groups in total. The van der Waals surface area contributed by atoms with Crippen LogP contribution in [0.5, 0.6) is 0 Å². The van der Waals surface area contributed by atoms with E-state index in [1.54, 1.807) is 0 Å². The van der Waals surface area contributed by atoms with Crippen molar-refractivity contribution in [2.75, 3.05) is 38.7 Å². The van der Waals surface area contributed by atoms with Crippen LogP contribution < -0.4 is 10.2 Å². The van der Waals surface area contributed by atoms with Crippen molar-refractivity contribution in [3.63, 3.8) is 0 Å². The van der Waals surface area contributed by atoms with Crippen LogP contribution >= 0.6 is 12.2 Å². The molecule has 26 heavy (non-hydrogen) atoms. The number of hydrogen-bond donors (Lipinski definition) is 1. The third-order valence-electron chi connectivity index (χ3n) is 4.75. The minimum Gasteiger partial charge on any atom is -0.469 e. The number of carbonyl (C=O) groups excluding carboxylic acids is 1. The molecule has 1 heterocycles. The molecule has 1 fully saturated rings. The summed E-state index contributed by atoms with van der Waals surface area (Å²) < 4.78 is 4.64. The summed E-state index contributed by atoms with van der Waals surface area (Å²) in [6.07, 6.45) is 5.90. The molecule has 0 aliphatic carbocycles. The van der Waals surface area contributed by atoms with E-state index in [4.69, 9.17) is 12.2 Å². The highest BCUT2D eigenvalue weighted by molar-refractivity contribution is 7.80. The molecule has 1 aliphatic heterocycles. The van der Waals surface area contributed by atoms with Gasteiger partial charge in [0, 0.05) is 45.3 Å². The normalized spacial score (nSPS) is 13.5. The molecule has 1 aliphatic rings. The number of nitrogens with zero attached hydrogens (tertiary/aromatic N) is 2. The number of para-hydroxylation sites is 1. The lowest BCUT2D eigenvalue weighted by Gasteiger charge is -2.26. The largest absolute Gasteiger partial charge is 0.469 e. The topological polar surface area (TPSA) is 44.8 Å². The number of unbranched alkanes of at least 4 members (excludes halogenated alkanes) is 2. The van der Waals surface area contributed by atoms with E-state index in [1.165, 1.54) is 31.2 Å². The quantitative estimate of drug-likeness (QED) is 0.405. The summed E-state index contributed by atoms with van der Waals surface area (Å²) in [5.74, 6) is -0.134. The van der Waals surface area contributed by atoms with Crippen molar-refractivity contribution in [3.8, 4) is 0 Å². The maximum Gasteiger partial charge on any atom is 0.305 e. The van der Waals surface area contributed by atoms with Gasteiger partial charge in [0.05, 0.1) is 7.11 Å². The molecule has 5 nitrogen and oxygen atoms in total. The van der Waals surface area contributed by atoms with Crippen LogP contribution in [0.15, 0.2) is 24.3 Å². The summed E-state index contributed by atoms with van der Waals surface area (Å²) in [5.41, 5.74) is 2.65. The predicted octanol–water partition coefficient (Wildman–Crippen LogP) is 3.33. The van der Waals surface area contributed by atoms with Crippen LogP contribution in [0.3, 0.4) is 0 Å². The molecule has 0 spiro atoms. The van der Waals surface area contributed by atoms with E-state index < -0.39 is 0 Å². The molecule has 2 rings (SSSR count). The molecular weight excluding hydrogens is 346 g/mol. The van der Waals surface area contributed by atoms with Gasteiger partial charge in [-0.15, -0.1) is 0 Å². The molecule has 6 heteroatoms. The zero-order valence-corrected chi connectivity index (χ0v) is 16.8. The predicted molar refractivity (Wildman–Crippen MR) is 110 cm³/mol. The molecular formula is C20H31N3O2S. The van der Waals surface area contributed by atoms with Crippen LogP contribution in [0.4, 0.5) is 5.69 Å². The molecule has 1 aromatic carbocycles. The number of hydrogen-bond acceptors (Lipinski definition) is 4. The molecule has 0 amide bonds. The standard InChI is InChI=1S/C20H31N3O2S/c1-22(20(26)21-13-7-3-4-12-19(24)25-2)16-17-10-5-6-11-18(17)23-14-8-9-15-23/h5-6,10-11H,3-4,7-9,12-16H2,1-2H3,(H,21,26). The molecule has 0 unspecified atom stereocenters. The number of benzene rings is 1. The van der Waals surface area contributed by atoms with E-state index in [0.717, 1.165) is 50.6 Å². The smallest absolute Gasteiger partial charge is 0.305 e. The molecule has 0 aromatic heterocycles. The van der Waals surface area contributed by atoms with Crippen molar-refractivity contribution >= 4 is 29.0 Å². The van der Waals surface area contributed by atoms with Crippen molar-refractivity contribution in [3.05, 3.63) is 29.8 Å². The SMILES string of the molecule is COC(=O)CCCCCNC(=S)N(C)Cc1ccccc1N1CCCC1. The van der Waals surface area contributed by atoms with Gasteiger partial charge in [0.25, 0.3) is 0 Å². The highest BCUT2D eigenvalue weighted by Gasteiger charge is 2.16. The van der Waals surface area contributed by atoms with E-state index in [2.05, 4.69) is 44.1 Å². The maximum absolute atomic E-state index is 11.1. The first-order valence-corrected chi connectivity index (χ1v) is 9.91. The van der Waals surface area contributed by atoms with Gasteiger partial charge in [-0.1, -0.05) is 24.6 Å². The average Bonchev–Trinajstić information content (AvgIpc) is 3.19. The molecule has 0 saturated carbocycles. The number of anilines is 1. The Kier molecular flexibility index (Phi) is 8.68. The third kappa shape index (κ3) is 6.48. The molecule has 0 bridgehead atoms. The first-order chi connectivity index (χ1) is 12.6. The van der Waals surface area contributed by atoms with E-state index in [0.29, 0.717) is 6.42 Å². The number of methoxy groups -OCH3 is 1. The highest BCUT2D eigenvalue weighted by Crippen LogP contribution is 2.25. The fourth-order valence-corrected chi connectivity index (χ4v) is 3.41. The fourth-order valence-electron chi connectivity index (χ4n) is 3.24. The number of rotatable bonds is 9. The van der Waals surface area contributed by atoms with Crippen LogP contribution in [0, 0.1) is 0 Å². The summed E-state index contributed by atoms with van der Waals surface area (Å²) in [5, 5.41) is 4.09. The lowest BCUT2D eigenvalue weighted by Crippen LogP contribution is -2.37. The van der Waals surface area contributed by atoms with Gasteiger partial charge < -0.3 is 19.9 Å². The summed E-state index contributed by atoms with van der Waals surface area (Å²) in [4.78, 5) is 15.6. The zero-order valence-electron chi connectivity index (χ0n) is 16.0. The first-order valence-electron chi connectivity index (χ1n) is 9.50. The number of thiocarbonyl (C=S) groups is 1. The van der Waals surface area contributed by atoms with Gasteiger partial charge in [-0.2, -0.15) is 0 Å². The van der Waals surface area contributed by atoms with E-state index >= 15 is 0 Å². The van der Waals surface area contributed by atoms with Gasteiger partial charge >= 0.3 is 5.97 Å². The Morgan fingerprint density at radius 3 is 2.69 bits per heavy atom. The Morgan fingerprint density at radius 2 is 1.96 bits per heavy atom. The third-order valence-corrected chi connectivity index (χ3v) is 5.21. The Labute approximate surface area is 162 Å². The highest BCUT2D eigenvalue weighted by atomic mass is 32.1. The zero-order chi connectivity index (χ0) is 18.8. The fraction of sp³-hybridized carbons (Fsp3) is 0.600. The van der Waals surface area contributed by atoms with E-state index in [-0.39, 0.29) is 5.97 Å². The van der Waals surface area contributed by atoms with Crippen molar-refractivity contribution in [2.24, 2.45) is 0 Å².